The van der Waals surface area contributed by atoms with E-state index in [-0.39, 0.29) is 11.8 Å². The van der Waals surface area contributed by atoms with Gasteiger partial charge < -0.3 is 14.6 Å². The van der Waals surface area contributed by atoms with Gasteiger partial charge in [0.05, 0.1) is 18.9 Å². The molecule has 0 fully saturated rings. The molecule has 0 amide bonds. The zero-order chi connectivity index (χ0) is 20.0. The van der Waals surface area contributed by atoms with Crippen molar-refractivity contribution in [3.05, 3.63) is 82.6 Å². The Labute approximate surface area is 173 Å². The molecule has 7 heteroatoms. The normalized spacial score (nSPS) is 19.8. The average molecular weight is 408 g/mol. The summed E-state index contributed by atoms with van der Waals surface area (Å²) >= 11 is 6.16. The number of fused-ring (bicyclic) bond motifs is 3. The van der Waals surface area contributed by atoms with Gasteiger partial charge in [-0.1, -0.05) is 29.8 Å². The molecule has 0 saturated heterocycles. The lowest BCUT2D eigenvalue weighted by atomic mass is 9.95. The minimum atomic E-state index is -0.462. The largest absolute Gasteiger partial charge is 0.507 e. The molecule has 2 aliphatic heterocycles. The molecule has 0 bridgehead atoms. The molecular weight excluding hydrogens is 390 g/mol. The van der Waals surface area contributed by atoms with Gasteiger partial charge in [0.25, 0.3) is 0 Å². The fraction of sp³-hybridized carbons (Fsp3) is 0.182. The van der Waals surface area contributed by atoms with Crippen molar-refractivity contribution in [2.24, 2.45) is 5.10 Å². The van der Waals surface area contributed by atoms with Crippen LogP contribution in [0.5, 0.6) is 17.2 Å². The van der Waals surface area contributed by atoms with E-state index in [1.54, 1.807) is 37.7 Å². The number of phenols is 1. The molecule has 29 heavy (non-hydrogen) atoms. The summed E-state index contributed by atoms with van der Waals surface area (Å²) in [5, 5.41) is 17.7. The molecule has 3 aromatic rings. The van der Waals surface area contributed by atoms with Gasteiger partial charge in [-0.05, 0) is 30.3 Å². The maximum Gasteiger partial charge on any atom is 0.215 e. The summed E-state index contributed by atoms with van der Waals surface area (Å²) in [5.74, 6) is 1.53. The second-order valence-corrected chi connectivity index (χ2v) is 7.38. The number of methoxy groups -OCH3 is 1. The SMILES string of the molecule is COc1cccc2c1O[C@@H](c1cccnc1)N1N=C(c3cc(Cl)ccc3O)C[C@@H]21. The molecule has 3 heterocycles. The number of hydrogen-bond acceptors (Lipinski definition) is 6. The maximum atomic E-state index is 10.4. The molecule has 0 radical (unpaired) electrons. The predicted octanol–water partition coefficient (Wildman–Crippen LogP) is 4.69. The molecule has 6 nitrogen and oxygen atoms in total. The van der Waals surface area contributed by atoms with Crippen LogP contribution in [0.3, 0.4) is 0 Å². The fourth-order valence-electron chi connectivity index (χ4n) is 3.89. The Hall–Kier alpha value is -3.25. The smallest absolute Gasteiger partial charge is 0.215 e. The zero-order valence-electron chi connectivity index (χ0n) is 15.6. The van der Waals surface area contributed by atoms with E-state index < -0.39 is 6.23 Å². The molecule has 5 rings (SSSR count). The van der Waals surface area contributed by atoms with Gasteiger partial charge in [-0.3, -0.25) is 4.98 Å². The quantitative estimate of drug-likeness (QED) is 0.682. The van der Waals surface area contributed by atoms with E-state index in [0.717, 1.165) is 16.8 Å². The summed E-state index contributed by atoms with van der Waals surface area (Å²) in [7, 11) is 1.63. The van der Waals surface area contributed by atoms with Crippen molar-refractivity contribution >= 4 is 17.3 Å². The summed E-state index contributed by atoms with van der Waals surface area (Å²) < 4.78 is 11.9. The Balaban J connectivity index is 1.64. The Kier molecular flexibility index (Phi) is 4.28. The van der Waals surface area contributed by atoms with E-state index >= 15 is 0 Å². The third-order valence-electron chi connectivity index (χ3n) is 5.24. The fourth-order valence-corrected chi connectivity index (χ4v) is 4.06. The average Bonchev–Trinajstić information content (AvgIpc) is 3.20. The number of ether oxygens (including phenoxy) is 2. The number of pyridine rings is 1. The van der Waals surface area contributed by atoms with Crippen LogP contribution in [0.4, 0.5) is 0 Å². The number of nitrogens with zero attached hydrogens (tertiary/aromatic N) is 3. The van der Waals surface area contributed by atoms with Gasteiger partial charge in [-0.15, -0.1) is 0 Å². The third kappa shape index (κ3) is 2.96. The monoisotopic (exact) mass is 407 g/mol. The Morgan fingerprint density at radius 1 is 1.21 bits per heavy atom. The van der Waals surface area contributed by atoms with Gasteiger partial charge in [0, 0.05) is 40.5 Å². The number of benzene rings is 2. The first kappa shape index (κ1) is 17.8. The number of rotatable bonds is 3. The van der Waals surface area contributed by atoms with Crippen molar-refractivity contribution in [2.45, 2.75) is 18.7 Å². The maximum absolute atomic E-state index is 10.4. The van der Waals surface area contributed by atoms with E-state index in [1.807, 2.05) is 35.3 Å². The molecular formula is C22H18ClN3O3. The molecule has 2 atom stereocenters. The van der Waals surface area contributed by atoms with Gasteiger partial charge in [0.2, 0.25) is 6.23 Å². The highest BCUT2D eigenvalue weighted by Crippen LogP contribution is 2.50. The van der Waals surface area contributed by atoms with Crippen molar-refractivity contribution in [3.63, 3.8) is 0 Å². The Morgan fingerprint density at radius 2 is 2.10 bits per heavy atom. The highest BCUT2D eigenvalue weighted by atomic mass is 35.5. The van der Waals surface area contributed by atoms with Crippen molar-refractivity contribution in [3.8, 4) is 17.2 Å². The van der Waals surface area contributed by atoms with Crippen molar-refractivity contribution in [2.75, 3.05) is 7.11 Å². The number of phenolic OH excluding ortho intramolecular Hbond substituents is 1. The molecule has 2 aliphatic rings. The Bertz CT molecular complexity index is 1100. The minimum absolute atomic E-state index is 0.0626. The first-order chi connectivity index (χ1) is 14.2. The van der Waals surface area contributed by atoms with Crippen LogP contribution in [0.1, 0.15) is 35.4 Å². The van der Waals surface area contributed by atoms with E-state index in [2.05, 4.69) is 4.98 Å². The molecule has 0 saturated carbocycles. The second-order valence-electron chi connectivity index (χ2n) is 6.94. The summed E-state index contributed by atoms with van der Waals surface area (Å²) in [6.45, 7) is 0. The van der Waals surface area contributed by atoms with Crippen molar-refractivity contribution in [1.82, 2.24) is 9.99 Å². The van der Waals surface area contributed by atoms with Crippen LogP contribution in [0.25, 0.3) is 0 Å². The lowest BCUT2D eigenvalue weighted by molar-refractivity contribution is -0.0211. The number of aromatic hydroxyl groups is 1. The van der Waals surface area contributed by atoms with Gasteiger partial charge in [-0.25, -0.2) is 5.01 Å². The number of hydrazone groups is 1. The van der Waals surface area contributed by atoms with Gasteiger partial charge in [0.15, 0.2) is 11.5 Å². The van der Waals surface area contributed by atoms with Crippen LogP contribution in [0.2, 0.25) is 5.02 Å². The van der Waals surface area contributed by atoms with Crippen LogP contribution in [-0.4, -0.2) is 27.9 Å². The van der Waals surface area contributed by atoms with E-state index in [1.165, 1.54) is 0 Å². The second kappa shape index (κ2) is 6.97. The Morgan fingerprint density at radius 3 is 2.90 bits per heavy atom. The standard InChI is InChI=1S/C22H18ClN3O3/c1-28-20-6-2-5-15-18-11-17(16-10-14(23)7-8-19(16)27)25-26(18)22(29-21(15)20)13-4-3-9-24-12-13/h2-10,12,18,22,27H,11H2,1H3/t18-,22-/m0/s1. The number of para-hydroxylation sites is 1. The van der Waals surface area contributed by atoms with Crippen LogP contribution >= 0.6 is 11.6 Å². The lowest BCUT2D eigenvalue weighted by Gasteiger charge is -2.38. The van der Waals surface area contributed by atoms with Crippen LogP contribution in [-0.2, 0) is 0 Å². The van der Waals surface area contributed by atoms with E-state index in [4.69, 9.17) is 26.2 Å². The predicted molar refractivity (Wildman–Crippen MR) is 109 cm³/mol. The number of halogens is 1. The van der Waals surface area contributed by atoms with Crippen LogP contribution in [0.15, 0.2) is 66.0 Å². The summed E-state index contributed by atoms with van der Waals surface area (Å²) in [5.41, 5.74) is 3.25. The molecule has 0 unspecified atom stereocenters. The molecule has 2 aromatic carbocycles. The van der Waals surface area contributed by atoms with Gasteiger partial charge in [0.1, 0.15) is 5.75 Å². The molecule has 1 aromatic heterocycles. The molecule has 0 aliphatic carbocycles. The van der Waals surface area contributed by atoms with Crippen LogP contribution < -0.4 is 9.47 Å². The van der Waals surface area contributed by atoms with Crippen molar-refractivity contribution in [1.29, 1.82) is 0 Å². The molecule has 146 valence electrons. The third-order valence-corrected chi connectivity index (χ3v) is 5.47. The molecule has 1 N–H and O–H groups in total. The first-order valence-electron chi connectivity index (χ1n) is 9.24. The van der Waals surface area contributed by atoms with Crippen molar-refractivity contribution < 1.29 is 14.6 Å². The summed E-state index contributed by atoms with van der Waals surface area (Å²) in [6, 6.07) is 14.6. The lowest BCUT2D eigenvalue weighted by Crippen LogP contribution is -2.33. The minimum Gasteiger partial charge on any atom is -0.507 e. The van der Waals surface area contributed by atoms with Crippen LogP contribution in [0, 0.1) is 0 Å². The van der Waals surface area contributed by atoms with E-state index in [0.29, 0.717) is 28.5 Å². The van der Waals surface area contributed by atoms with Gasteiger partial charge in [-0.2, -0.15) is 5.10 Å². The van der Waals surface area contributed by atoms with E-state index in [9.17, 15) is 5.11 Å². The number of aromatic nitrogens is 1. The topological polar surface area (TPSA) is 67.2 Å². The number of hydrogen-bond donors (Lipinski definition) is 1. The molecule has 0 spiro atoms. The highest BCUT2D eigenvalue weighted by molar-refractivity contribution is 6.31. The zero-order valence-corrected chi connectivity index (χ0v) is 16.4. The first-order valence-corrected chi connectivity index (χ1v) is 9.61. The highest BCUT2D eigenvalue weighted by Gasteiger charge is 2.42. The van der Waals surface area contributed by atoms with Gasteiger partial charge >= 0.3 is 0 Å². The summed E-state index contributed by atoms with van der Waals surface area (Å²) in [6.07, 6.45) is 3.64. The summed E-state index contributed by atoms with van der Waals surface area (Å²) in [4.78, 5) is 4.23.